The largest absolute Gasteiger partial charge is 0.497 e. The second-order valence-electron chi connectivity index (χ2n) is 4.41. The highest BCUT2D eigenvalue weighted by molar-refractivity contribution is 7.99. The van der Waals surface area contributed by atoms with Gasteiger partial charge in [-0.2, -0.15) is 0 Å². The van der Waals surface area contributed by atoms with Crippen molar-refractivity contribution in [2.24, 2.45) is 0 Å². The number of fused-ring (bicyclic) bond motifs is 1. The van der Waals surface area contributed by atoms with Gasteiger partial charge in [-0.1, -0.05) is 0 Å². The SMILES string of the molecule is COc1ccc2nc(Sc3cc(N)c(C)cn3)[nH]c2c1. The third-order valence-electron chi connectivity index (χ3n) is 2.99. The molecule has 0 unspecified atom stereocenters. The summed E-state index contributed by atoms with van der Waals surface area (Å²) in [6.45, 7) is 1.93. The number of aryl methyl sites for hydroxylation is 1. The molecule has 0 aliphatic carbocycles. The number of hydrogen-bond donors (Lipinski definition) is 2. The molecule has 2 heterocycles. The Balaban J connectivity index is 1.92. The van der Waals surface area contributed by atoms with Gasteiger partial charge >= 0.3 is 0 Å². The monoisotopic (exact) mass is 286 g/mol. The van der Waals surface area contributed by atoms with Crippen LogP contribution in [0.15, 0.2) is 40.6 Å². The third kappa shape index (κ3) is 2.42. The number of benzene rings is 1. The molecule has 3 aromatic rings. The molecule has 0 spiro atoms. The van der Waals surface area contributed by atoms with E-state index < -0.39 is 0 Å². The van der Waals surface area contributed by atoms with Crippen molar-refractivity contribution in [2.45, 2.75) is 17.1 Å². The summed E-state index contributed by atoms with van der Waals surface area (Å²) in [6.07, 6.45) is 1.77. The Morgan fingerprint density at radius 1 is 1.30 bits per heavy atom. The van der Waals surface area contributed by atoms with E-state index in [-0.39, 0.29) is 0 Å². The van der Waals surface area contributed by atoms with Crippen molar-refractivity contribution in [3.8, 4) is 5.75 Å². The summed E-state index contributed by atoms with van der Waals surface area (Å²) in [6, 6.07) is 7.59. The van der Waals surface area contributed by atoms with Gasteiger partial charge in [0.1, 0.15) is 10.8 Å². The number of nitrogens with two attached hydrogens (primary N) is 1. The molecule has 0 fully saturated rings. The number of aromatic nitrogens is 3. The fraction of sp³-hybridized carbons (Fsp3) is 0.143. The van der Waals surface area contributed by atoms with E-state index in [2.05, 4.69) is 15.0 Å². The molecule has 2 aromatic heterocycles. The average molecular weight is 286 g/mol. The molecule has 0 amide bonds. The normalized spacial score (nSPS) is 10.9. The van der Waals surface area contributed by atoms with Crippen LogP contribution in [0.3, 0.4) is 0 Å². The third-order valence-corrected chi connectivity index (χ3v) is 3.81. The first-order valence-corrected chi connectivity index (χ1v) is 6.91. The van der Waals surface area contributed by atoms with Crippen molar-refractivity contribution in [2.75, 3.05) is 12.8 Å². The van der Waals surface area contributed by atoms with Crippen molar-refractivity contribution >= 4 is 28.5 Å². The van der Waals surface area contributed by atoms with Crippen LogP contribution in [-0.4, -0.2) is 22.1 Å². The molecular formula is C14H14N4OS. The van der Waals surface area contributed by atoms with E-state index in [0.29, 0.717) is 0 Å². The summed E-state index contributed by atoms with van der Waals surface area (Å²) < 4.78 is 5.20. The zero-order valence-electron chi connectivity index (χ0n) is 11.2. The number of nitrogen functional groups attached to an aromatic ring is 1. The van der Waals surface area contributed by atoms with Crippen LogP contribution in [0.25, 0.3) is 11.0 Å². The fourth-order valence-corrected chi connectivity index (χ4v) is 2.61. The quantitative estimate of drug-likeness (QED) is 0.774. The highest BCUT2D eigenvalue weighted by Crippen LogP contribution is 2.28. The van der Waals surface area contributed by atoms with E-state index in [1.165, 1.54) is 11.8 Å². The lowest BCUT2D eigenvalue weighted by molar-refractivity contribution is 0.415. The second kappa shape index (κ2) is 5.05. The van der Waals surface area contributed by atoms with Crippen molar-refractivity contribution in [1.82, 2.24) is 15.0 Å². The Morgan fingerprint density at radius 3 is 2.90 bits per heavy atom. The molecule has 0 aliphatic rings. The number of aromatic amines is 1. The van der Waals surface area contributed by atoms with Crippen LogP contribution >= 0.6 is 11.8 Å². The standard InChI is InChI=1S/C14H14N4OS/c1-8-7-16-13(6-10(8)15)20-14-17-11-4-3-9(19-2)5-12(11)18-14/h3-7H,1-2H3,(H2,15,16)(H,17,18). The Hall–Kier alpha value is -2.21. The lowest BCUT2D eigenvalue weighted by atomic mass is 10.3. The minimum atomic E-state index is 0.736. The summed E-state index contributed by atoms with van der Waals surface area (Å²) in [5.74, 6) is 0.801. The van der Waals surface area contributed by atoms with Crippen LogP contribution in [0.2, 0.25) is 0 Å². The van der Waals surface area contributed by atoms with Crippen molar-refractivity contribution in [3.05, 3.63) is 36.0 Å². The maximum absolute atomic E-state index is 5.89. The zero-order chi connectivity index (χ0) is 14.1. The number of H-pyrrole nitrogens is 1. The lowest BCUT2D eigenvalue weighted by Crippen LogP contribution is -1.91. The van der Waals surface area contributed by atoms with E-state index in [1.54, 1.807) is 13.3 Å². The first kappa shape index (κ1) is 12.8. The number of nitrogens with one attached hydrogen (secondary N) is 1. The van der Waals surface area contributed by atoms with E-state index in [0.717, 1.165) is 38.2 Å². The molecule has 3 rings (SSSR count). The van der Waals surface area contributed by atoms with Gasteiger partial charge in [-0.15, -0.1) is 0 Å². The predicted octanol–water partition coefficient (Wildman–Crippen LogP) is 3.01. The average Bonchev–Trinajstić information content (AvgIpc) is 2.84. The molecule has 0 bridgehead atoms. The van der Waals surface area contributed by atoms with Gasteiger partial charge in [0.15, 0.2) is 5.16 Å². The molecule has 6 heteroatoms. The van der Waals surface area contributed by atoms with Gasteiger partial charge < -0.3 is 15.5 Å². The van der Waals surface area contributed by atoms with Gasteiger partial charge in [0, 0.05) is 18.0 Å². The summed E-state index contributed by atoms with van der Waals surface area (Å²) in [4.78, 5) is 12.1. The first-order valence-electron chi connectivity index (χ1n) is 6.09. The van der Waals surface area contributed by atoms with Crippen molar-refractivity contribution in [3.63, 3.8) is 0 Å². The minimum absolute atomic E-state index is 0.736. The Labute approximate surface area is 120 Å². The number of rotatable bonds is 3. The van der Waals surface area contributed by atoms with Gasteiger partial charge in [0.25, 0.3) is 0 Å². The maximum atomic E-state index is 5.89. The highest BCUT2D eigenvalue weighted by Gasteiger charge is 2.07. The fourth-order valence-electron chi connectivity index (χ4n) is 1.81. The van der Waals surface area contributed by atoms with Crippen LogP contribution in [-0.2, 0) is 0 Å². The molecule has 0 saturated heterocycles. The minimum Gasteiger partial charge on any atom is -0.497 e. The molecular weight excluding hydrogens is 272 g/mol. The summed E-state index contributed by atoms with van der Waals surface area (Å²) in [5, 5.41) is 1.60. The van der Waals surface area contributed by atoms with Crippen molar-refractivity contribution in [1.29, 1.82) is 0 Å². The van der Waals surface area contributed by atoms with Gasteiger partial charge in [-0.3, -0.25) is 0 Å². The zero-order valence-corrected chi connectivity index (χ0v) is 12.0. The molecule has 0 saturated carbocycles. The van der Waals surface area contributed by atoms with Crippen LogP contribution in [0.5, 0.6) is 5.75 Å². The second-order valence-corrected chi connectivity index (χ2v) is 5.42. The molecule has 0 aliphatic heterocycles. The number of nitrogens with zero attached hydrogens (tertiary/aromatic N) is 2. The molecule has 0 atom stereocenters. The Bertz CT molecular complexity index is 769. The van der Waals surface area contributed by atoms with E-state index in [9.17, 15) is 0 Å². The molecule has 1 aromatic carbocycles. The predicted molar refractivity (Wildman–Crippen MR) is 80.2 cm³/mol. The summed E-state index contributed by atoms with van der Waals surface area (Å²) in [7, 11) is 1.65. The molecule has 20 heavy (non-hydrogen) atoms. The Morgan fingerprint density at radius 2 is 2.15 bits per heavy atom. The first-order chi connectivity index (χ1) is 9.65. The number of methoxy groups -OCH3 is 1. The van der Waals surface area contributed by atoms with E-state index >= 15 is 0 Å². The molecule has 102 valence electrons. The summed E-state index contributed by atoms with van der Waals surface area (Å²) in [5.41, 5.74) is 9.43. The number of hydrogen-bond acceptors (Lipinski definition) is 5. The van der Waals surface area contributed by atoms with Gasteiger partial charge in [0.2, 0.25) is 0 Å². The van der Waals surface area contributed by atoms with Gasteiger partial charge in [-0.25, -0.2) is 9.97 Å². The van der Waals surface area contributed by atoms with Crippen LogP contribution in [0, 0.1) is 6.92 Å². The number of anilines is 1. The topological polar surface area (TPSA) is 76.8 Å². The Kier molecular flexibility index (Phi) is 3.23. The number of imidazole rings is 1. The number of ether oxygens (including phenoxy) is 1. The molecule has 0 radical (unpaired) electrons. The van der Waals surface area contributed by atoms with Crippen molar-refractivity contribution < 1.29 is 4.74 Å². The molecule has 5 nitrogen and oxygen atoms in total. The lowest BCUT2D eigenvalue weighted by Gasteiger charge is -2.01. The summed E-state index contributed by atoms with van der Waals surface area (Å²) >= 11 is 1.45. The van der Waals surface area contributed by atoms with Crippen LogP contribution < -0.4 is 10.5 Å². The van der Waals surface area contributed by atoms with Crippen LogP contribution in [0.4, 0.5) is 5.69 Å². The number of pyridine rings is 1. The van der Waals surface area contributed by atoms with E-state index in [1.807, 2.05) is 31.2 Å². The molecule has 3 N–H and O–H groups in total. The van der Waals surface area contributed by atoms with Gasteiger partial charge in [0.05, 0.1) is 18.1 Å². The van der Waals surface area contributed by atoms with Crippen LogP contribution in [0.1, 0.15) is 5.56 Å². The highest BCUT2D eigenvalue weighted by atomic mass is 32.2. The van der Waals surface area contributed by atoms with E-state index in [4.69, 9.17) is 10.5 Å². The van der Waals surface area contributed by atoms with Gasteiger partial charge in [-0.05, 0) is 42.4 Å². The smallest absolute Gasteiger partial charge is 0.172 e. The maximum Gasteiger partial charge on any atom is 0.172 e.